The minimum absolute atomic E-state index is 0.0321. The summed E-state index contributed by atoms with van der Waals surface area (Å²) in [7, 11) is 3.44. The molecular formula is C29H29BrFN9O2. The lowest BCUT2D eigenvalue weighted by molar-refractivity contribution is -0.132. The van der Waals surface area contributed by atoms with Gasteiger partial charge in [0.2, 0.25) is 5.91 Å². The smallest absolute Gasteiger partial charge is 0.245 e. The van der Waals surface area contributed by atoms with E-state index in [0.717, 1.165) is 16.9 Å². The Morgan fingerprint density at radius 1 is 1.14 bits per heavy atom. The summed E-state index contributed by atoms with van der Waals surface area (Å²) < 4.78 is 25.3. The lowest BCUT2D eigenvalue weighted by Crippen LogP contribution is -2.47. The highest BCUT2D eigenvalue weighted by molar-refractivity contribution is 9.10. The maximum atomic E-state index is 14.8. The minimum Gasteiger partial charge on any atom is -0.378 e. The van der Waals surface area contributed by atoms with Gasteiger partial charge in [0.1, 0.15) is 29.0 Å². The number of amides is 1. The van der Waals surface area contributed by atoms with E-state index in [9.17, 15) is 9.18 Å². The van der Waals surface area contributed by atoms with Crippen LogP contribution in [0.2, 0.25) is 0 Å². The topological polar surface area (TPSA) is 106 Å². The molecule has 1 fully saturated rings. The molecule has 216 valence electrons. The molecule has 0 aliphatic carbocycles. The van der Waals surface area contributed by atoms with Crippen molar-refractivity contribution in [1.82, 2.24) is 33.8 Å². The zero-order valence-corrected chi connectivity index (χ0v) is 24.9. The number of carbonyl (C=O) groups is 1. The molecule has 13 heteroatoms. The van der Waals surface area contributed by atoms with Gasteiger partial charge in [-0.15, -0.1) is 0 Å². The van der Waals surface area contributed by atoms with Crippen molar-refractivity contribution < 1.29 is 13.9 Å². The molecule has 5 aromatic rings. The molecule has 1 N–H and O–H groups in total. The molecule has 2 aliphatic rings. The highest BCUT2D eigenvalue weighted by Crippen LogP contribution is 2.34. The number of likely N-dealkylation sites (N-methyl/N-ethyl adjacent to an activating group) is 1. The molecule has 0 radical (unpaired) electrons. The van der Waals surface area contributed by atoms with Gasteiger partial charge in [0.15, 0.2) is 10.6 Å². The first-order valence-electron chi connectivity index (χ1n) is 13.7. The van der Waals surface area contributed by atoms with Crippen LogP contribution in [0.3, 0.4) is 0 Å². The second-order valence-corrected chi connectivity index (χ2v) is 11.6. The third kappa shape index (κ3) is 4.47. The van der Waals surface area contributed by atoms with Crippen molar-refractivity contribution in [1.29, 1.82) is 0 Å². The summed E-state index contributed by atoms with van der Waals surface area (Å²) in [4.78, 5) is 36.5. The van der Waals surface area contributed by atoms with E-state index in [2.05, 4.69) is 36.2 Å². The standard InChI is InChI=1S/C29H29BrFN9O2/c1-16-34-22-10-17(31)9-20-21-5-4-6-25(36-21)35-18-11-23(28(41)37(2)14-19(42-3)15-39(16)26(20)22)40(13-18)27-24-12-33-29(30)38(24)8-7-32-27/h4-10,12,18-19,23H,11,13-15H2,1-3H3,(H,35,36)/t18-,19-,23-/m0/s1. The van der Waals surface area contributed by atoms with Gasteiger partial charge in [-0.25, -0.2) is 24.3 Å². The Kier molecular flexibility index (Phi) is 6.58. The lowest BCUT2D eigenvalue weighted by Gasteiger charge is -2.31. The number of pyridine rings is 1. The number of benzene rings is 1. The van der Waals surface area contributed by atoms with Gasteiger partial charge in [0.05, 0.1) is 35.6 Å². The van der Waals surface area contributed by atoms with E-state index in [0.29, 0.717) is 59.2 Å². The maximum absolute atomic E-state index is 14.8. The SMILES string of the molecule is CO[C@H]1CN(C)C(=O)[C@@H]2C[C@@H](CN2c2nccn3c(Br)ncc23)Nc2cccc(n2)-c2cc(F)cc3nc(C)n(c23)C1. The summed E-state index contributed by atoms with van der Waals surface area (Å²) >= 11 is 3.49. The molecule has 4 aromatic heterocycles. The quantitative estimate of drug-likeness (QED) is 0.312. The van der Waals surface area contributed by atoms with Crippen LogP contribution in [-0.2, 0) is 16.1 Å². The first-order valence-corrected chi connectivity index (χ1v) is 14.5. The molecule has 4 bridgehead atoms. The largest absolute Gasteiger partial charge is 0.378 e. The fraction of sp³-hybridized carbons (Fsp3) is 0.345. The average molecular weight is 635 g/mol. The van der Waals surface area contributed by atoms with Crippen molar-refractivity contribution in [3.8, 4) is 11.3 Å². The van der Waals surface area contributed by atoms with Crippen LogP contribution in [0.4, 0.5) is 16.0 Å². The Balaban J connectivity index is 1.36. The molecule has 2 aliphatic heterocycles. The third-order valence-electron chi connectivity index (χ3n) is 8.20. The zero-order chi connectivity index (χ0) is 29.1. The summed E-state index contributed by atoms with van der Waals surface area (Å²) in [6, 6.07) is 8.04. The summed E-state index contributed by atoms with van der Waals surface area (Å²) in [5.41, 5.74) is 3.41. The van der Waals surface area contributed by atoms with Crippen molar-refractivity contribution in [3.63, 3.8) is 0 Å². The van der Waals surface area contributed by atoms with Crippen LogP contribution in [0.15, 0.2) is 53.7 Å². The van der Waals surface area contributed by atoms with Crippen LogP contribution < -0.4 is 10.2 Å². The van der Waals surface area contributed by atoms with Crippen LogP contribution in [0.25, 0.3) is 27.8 Å². The number of nitrogens with one attached hydrogen (secondary N) is 1. The highest BCUT2D eigenvalue weighted by Gasteiger charge is 2.40. The number of methoxy groups -OCH3 is 1. The number of carbonyl (C=O) groups excluding carboxylic acids is 1. The van der Waals surface area contributed by atoms with E-state index < -0.39 is 6.04 Å². The first-order chi connectivity index (χ1) is 20.3. The van der Waals surface area contributed by atoms with Crippen LogP contribution >= 0.6 is 15.9 Å². The van der Waals surface area contributed by atoms with Gasteiger partial charge < -0.3 is 24.4 Å². The Bertz CT molecular complexity index is 1840. The van der Waals surface area contributed by atoms with Crippen LogP contribution in [0.5, 0.6) is 0 Å². The van der Waals surface area contributed by atoms with Gasteiger partial charge in [0, 0.05) is 57.3 Å². The number of fused-ring (bicyclic) bond motifs is 6. The summed E-state index contributed by atoms with van der Waals surface area (Å²) in [5, 5.41) is 3.54. The van der Waals surface area contributed by atoms with Gasteiger partial charge in [-0.2, -0.15) is 0 Å². The number of hydrogen-bond donors (Lipinski definition) is 1. The molecule has 0 spiro atoms. The molecule has 11 nitrogen and oxygen atoms in total. The fourth-order valence-corrected chi connectivity index (χ4v) is 6.63. The number of anilines is 2. The molecule has 0 unspecified atom stereocenters. The number of aryl methyl sites for hydroxylation is 1. The molecule has 3 atom stereocenters. The predicted molar refractivity (Wildman–Crippen MR) is 160 cm³/mol. The van der Waals surface area contributed by atoms with Crippen molar-refractivity contribution >= 4 is 50.0 Å². The molecule has 0 saturated carbocycles. The van der Waals surface area contributed by atoms with E-state index in [-0.39, 0.29) is 23.9 Å². The number of aromatic nitrogens is 6. The first kappa shape index (κ1) is 26.8. The van der Waals surface area contributed by atoms with Crippen molar-refractivity contribution in [2.24, 2.45) is 0 Å². The van der Waals surface area contributed by atoms with Gasteiger partial charge in [-0.05, 0) is 47.5 Å². The molecule has 1 aromatic carbocycles. The second-order valence-electron chi connectivity index (χ2n) is 10.9. The molecule has 6 heterocycles. The fourth-order valence-electron chi connectivity index (χ4n) is 6.22. The number of halogens is 2. The van der Waals surface area contributed by atoms with E-state index in [1.54, 1.807) is 31.5 Å². The number of rotatable bonds is 2. The zero-order valence-electron chi connectivity index (χ0n) is 23.3. The third-order valence-corrected chi connectivity index (χ3v) is 8.79. The van der Waals surface area contributed by atoms with Crippen LogP contribution in [0, 0.1) is 12.7 Å². The van der Waals surface area contributed by atoms with E-state index in [4.69, 9.17) is 9.72 Å². The van der Waals surface area contributed by atoms with E-state index in [1.165, 1.54) is 12.1 Å². The van der Waals surface area contributed by atoms with E-state index >= 15 is 0 Å². The lowest BCUT2D eigenvalue weighted by atomic mass is 10.1. The number of nitrogens with zero attached hydrogens (tertiary/aromatic N) is 8. The van der Waals surface area contributed by atoms with Gasteiger partial charge in [-0.3, -0.25) is 9.20 Å². The Morgan fingerprint density at radius 2 is 2.00 bits per heavy atom. The summed E-state index contributed by atoms with van der Waals surface area (Å²) in [6.07, 6.45) is 5.49. The van der Waals surface area contributed by atoms with E-state index in [1.807, 2.05) is 45.2 Å². The second kappa shape index (κ2) is 10.3. The number of ether oxygens (including phenoxy) is 1. The minimum atomic E-state index is -0.473. The predicted octanol–water partition coefficient (Wildman–Crippen LogP) is 3.90. The normalized spacial score (nSPS) is 21.1. The molecular weight excluding hydrogens is 605 g/mol. The van der Waals surface area contributed by atoms with Crippen molar-refractivity contribution in [3.05, 3.63) is 65.3 Å². The molecule has 1 amide bonds. The van der Waals surface area contributed by atoms with Crippen molar-refractivity contribution in [2.45, 2.75) is 38.1 Å². The highest BCUT2D eigenvalue weighted by atomic mass is 79.9. The number of hydrogen-bond acceptors (Lipinski definition) is 8. The van der Waals surface area contributed by atoms with Gasteiger partial charge in [-0.1, -0.05) is 6.07 Å². The summed E-state index contributed by atoms with van der Waals surface area (Å²) in [5.74, 6) is 1.63. The van der Waals surface area contributed by atoms with Gasteiger partial charge >= 0.3 is 0 Å². The van der Waals surface area contributed by atoms with Crippen LogP contribution in [-0.4, -0.2) is 85.1 Å². The Morgan fingerprint density at radius 3 is 2.83 bits per heavy atom. The monoisotopic (exact) mass is 633 g/mol. The summed E-state index contributed by atoms with van der Waals surface area (Å²) in [6.45, 7) is 3.20. The molecule has 1 saturated heterocycles. The number of imidazole rings is 2. The van der Waals surface area contributed by atoms with Crippen LogP contribution in [0.1, 0.15) is 12.2 Å². The maximum Gasteiger partial charge on any atom is 0.245 e. The molecule has 42 heavy (non-hydrogen) atoms. The Hall–Kier alpha value is -4.10. The Labute approximate surface area is 249 Å². The van der Waals surface area contributed by atoms with Gasteiger partial charge in [0.25, 0.3) is 0 Å². The average Bonchev–Trinajstić information content (AvgIpc) is 3.66. The van der Waals surface area contributed by atoms with Crippen molar-refractivity contribution in [2.75, 3.05) is 37.5 Å². The molecule has 7 rings (SSSR count).